The highest BCUT2D eigenvalue weighted by Gasteiger charge is 2.79. The van der Waals surface area contributed by atoms with Gasteiger partial charge in [0.05, 0.1) is 18.8 Å². The van der Waals surface area contributed by atoms with Gasteiger partial charge < -0.3 is 30.3 Å². The lowest BCUT2D eigenvalue weighted by Gasteiger charge is -2.59. The van der Waals surface area contributed by atoms with Gasteiger partial charge in [0.25, 0.3) is 0 Å². The number of halogens is 5. The van der Waals surface area contributed by atoms with E-state index in [2.05, 4.69) is 10.6 Å². The maximum atomic E-state index is 15.4. The summed E-state index contributed by atoms with van der Waals surface area (Å²) in [4.78, 5) is 12.5. The van der Waals surface area contributed by atoms with E-state index in [9.17, 15) is 28.2 Å². The van der Waals surface area contributed by atoms with E-state index in [0.29, 0.717) is 43.7 Å². The number of anilines is 1. The van der Waals surface area contributed by atoms with Gasteiger partial charge in [-0.2, -0.15) is 22.0 Å². The number of benzene rings is 2. The highest BCUT2D eigenvalue weighted by molar-refractivity contribution is 5.89. The Morgan fingerprint density at radius 2 is 1.57 bits per heavy atom. The van der Waals surface area contributed by atoms with Gasteiger partial charge >= 0.3 is 18.1 Å². The minimum atomic E-state index is -5.92. The molecule has 0 unspecified atom stereocenters. The molecule has 51 heavy (non-hydrogen) atoms. The van der Waals surface area contributed by atoms with Gasteiger partial charge in [0.2, 0.25) is 0 Å². The number of rotatable bonds is 5. The number of nitrogens with one attached hydrogen (secondary N) is 2. The van der Waals surface area contributed by atoms with Gasteiger partial charge in [-0.05, 0) is 79.2 Å². The van der Waals surface area contributed by atoms with Gasteiger partial charge in [-0.1, -0.05) is 68.8 Å². The number of fused-ring (bicyclic) bond motifs is 4. The molecular weight excluding hydrogens is 671 g/mol. The van der Waals surface area contributed by atoms with Crippen molar-refractivity contribution in [2.24, 2.45) is 22.7 Å². The molecule has 7 nitrogen and oxygen atoms in total. The van der Waals surface area contributed by atoms with E-state index in [4.69, 9.17) is 9.47 Å². The van der Waals surface area contributed by atoms with Crippen LogP contribution >= 0.6 is 0 Å². The normalized spacial score (nSPS) is 34.4. The smallest absolute Gasteiger partial charge is 0.385 e. The maximum Gasteiger partial charge on any atom is 0.456 e. The minimum Gasteiger partial charge on any atom is -0.385 e. The average Bonchev–Trinajstić information content (AvgIpc) is 3.36. The number of hydrogen-bond donors (Lipinski definition) is 4. The van der Waals surface area contributed by atoms with E-state index in [1.54, 1.807) is 36.4 Å². The van der Waals surface area contributed by atoms with Crippen LogP contribution in [0, 0.1) is 22.7 Å². The SMILES string of the molecule is CC1(C)COC2(CCC3=C4[C@@H](CC[C@@]3(O)C2)[C@@H]2CC[C@@](O)(C(F)(F)C(F)(F)F)[C@@]2(C)C[C@@H]4c2ccc(CNC(=O)Nc3ccccc3)cc2)OC1. The Kier molecular flexibility index (Phi) is 8.72. The van der Waals surface area contributed by atoms with Crippen molar-refractivity contribution in [1.82, 2.24) is 5.32 Å². The highest BCUT2D eigenvalue weighted by Crippen LogP contribution is 2.71. The Labute approximate surface area is 295 Å². The summed E-state index contributed by atoms with van der Waals surface area (Å²) in [5.41, 5.74) is -2.76. The summed E-state index contributed by atoms with van der Waals surface area (Å²) in [5, 5.41) is 29.5. The molecule has 2 aromatic carbocycles. The van der Waals surface area contributed by atoms with Crippen LogP contribution in [-0.4, -0.2) is 58.5 Å². The van der Waals surface area contributed by atoms with Crippen molar-refractivity contribution in [2.45, 2.75) is 114 Å². The Morgan fingerprint density at radius 1 is 0.902 bits per heavy atom. The summed E-state index contributed by atoms with van der Waals surface area (Å²) in [6.07, 6.45) is -4.93. The summed E-state index contributed by atoms with van der Waals surface area (Å²) in [6.45, 7) is 6.64. The zero-order chi connectivity index (χ0) is 36.7. The first-order valence-electron chi connectivity index (χ1n) is 17.9. The Hall–Kier alpha value is -3.06. The fraction of sp³-hybridized carbons (Fsp3) is 0.615. The molecule has 3 saturated carbocycles. The van der Waals surface area contributed by atoms with Crippen LogP contribution in [0.5, 0.6) is 0 Å². The van der Waals surface area contributed by atoms with E-state index < -0.39 is 64.7 Å². The summed E-state index contributed by atoms with van der Waals surface area (Å²) < 4.78 is 85.4. The summed E-state index contributed by atoms with van der Waals surface area (Å²) >= 11 is 0. The number of ether oxygens (including phenoxy) is 2. The van der Waals surface area contributed by atoms with Crippen molar-refractivity contribution in [2.75, 3.05) is 18.5 Å². The third-order valence-corrected chi connectivity index (χ3v) is 12.8. The molecule has 0 aromatic heterocycles. The Balaban J connectivity index is 1.23. The number of alkyl halides is 5. The van der Waals surface area contributed by atoms with E-state index in [-0.39, 0.29) is 37.6 Å². The minimum absolute atomic E-state index is 0.0200. The largest absolute Gasteiger partial charge is 0.456 e. The van der Waals surface area contributed by atoms with Crippen LogP contribution in [0.3, 0.4) is 0 Å². The second-order valence-corrected chi connectivity index (χ2v) is 16.6. The van der Waals surface area contributed by atoms with Crippen LogP contribution in [0.15, 0.2) is 65.7 Å². The zero-order valence-electron chi connectivity index (χ0n) is 29.2. The van der Waals surface area contributed by atoms with E-state index in [0.717, 1.165) is 16.7 Å². The molecule has 278 valence electrons. The van der Waals surface area contributed by atoms with Gasteiger partial charge in [-0.15, -0.1) is 0 Å². The predicted molar refractivity (Wildman–Crippen MR) is 180 cm³/mol. The molecule has 2 aromatic rings. The van der Waals surface area contributed by atoms with Crippen molar-refractivity contribution in [3.05, 3.63) is 76.9 Å². The van der Waals surface area contributed by atoms with Crippen LogP contribution < -0.4 is 10.6 Å². The van der Waals surface area contributed by atoms with Gasteiger partial charge in [0.1, 0.15) is 5.60 Å². The molecule has 0 radical (unpaired) electrons. The number of allylic oxidation sites excluding steroid dienone is 1. The standard InChI is InChI=1S/C39H47F5N2O5/c1-33(2)22-50-36(51-23-33)17-14-30-31-27(13-16-35(30,48)21-36)29-15-18-37(49,38(40,41)39(42,43)44)34(29,3)19-28(31)25-11-9-24(10-12-25)20-45-32(47)46-26-7-5-4-6-8-26/h4-12,27-29,48-49H,13-23H2,1-3H3,(H2,45,46,47)/t27-,28+,29-,34-,35+,37-/m0/s1. The molecule has 4 aliphatic carbocycles. The average molecular weight is 719 g/mol. The number of urea groups is 1. The lowest BCUT2D eigenvalue weighted by molar-refractivity contribution is -0.362. The van der Waals surface area contributed by atoms with Crippen LogP contribution in [-0.2, 0) is 16.0 Å². The van der Waals surface area contributed by atoms with Crippen LogP contribution in [0.2, 0.25) is 0 Å². The Bertz CT molecular complexity index is 1670. The highest BCUT2D eigenvalue weighted by atomic mass is 19.4. The lowest BCUT2D eigenvalue weighted by Crippen LogP contribution is -2.65. The quantitative estimate of drug-likeness (QED) is 0.185. The fourth-order valence-electron chi connectivity index (χ4n) is 10.1. The third kappa shape index (κ3) is 5.98. The molecule has 1 aliphatic heterocycles. The van der Waals surface area contributed by atoms with E-state index >= 15 is 8.78 Å². The monoisotopic (exact) mass is 718 g/mol. The second kappa shape index (κ2) is 12.2. The number of carbonyl (C=O) groups is 1. The van der Waals surface area contributed by atoms with Gasteiger partial charge in [0.15, 0.2) is 5.79 Å². The van der Waals surface area contributed by atoms with Crippen molar-refractivity contribution in [3.8, 4) is 0 Å². The first-order chi connectivity index (χ1) is 23.8. The van der Waals surface area contributed by atoms with Crippen LogP contribution in [0.1, 0.15) is 89.2 Å². The summed E-state index contributed by atoms with van der Waals surface area (Å²) in [5.74, 6) is -7.93. The second-order valence-electron chi connectivity index (χ2n) is 16.6. The predicted octanol–water partition coefficient (Wildman–Crippen LogP) is 8.23. The number of para-hydroxylation sites is 1. The molecular formula is C39H47F5N2O5. The zero-order valence-corrected chi connectivity index (χ0v) is 29.2. The molecule has 5 aliphatic rings. The number of aliphatic hydroxyl groups is 2. The number of hydrogen-bond acceptors (Lipinski definition) is 5. The van der Waals surface area contributed by atoms with E-state index in [1.807, 2.05) is 32.0 Å². The fourth-order valence-corrected chi connectivity index (χ4v) is 10.1. The Morgan fingerprint density at radius 3 is 2.22 bits per heavy atom. The molecule has 7 rings (SSSR count). The van der Waals surface area contributed by atoms with Gasteiger partial charge in [-0.3, -0.25) is 0 Å². The van der Waals surface area contributed by atoms with Crippen molar-refractivity contribution < 1.29 is 46.4 Å². The summed E-state index contributed by atoms with van der Waals surface area (Å²) in [6, 6.07) is 15.8. The van der Waals surface area contributed by atoms with Crippen molar-refractivity contribution in [3.63, 3.8) is 0 Å². The molecule has 1 heterocycles. The molecule has 1 saturated heterocycles. The van der Waals surface area contributed by atoms with Gasteiger partial charge in [-0.25, -0.2) is 4.79 Å². The van der Waals surface area contributed by atoms with Gasteiger partial charge in [0, 0.05) is 41.8 Å². The van der Waals surface area contributed by atoms with Crippen LogP contribution in [0.25, 0.3) is 0 Å². The topological polar surface area (TPSA) is 100 Å². The van der Waals surface area contributed by atoms with Crippen molar-refractivity contribution in [1.29, 1.82) is 0 Å². The third-order valence-electron chi connectivity index (χ3n) is 12.8. The molecule has 6 atom stereocenters. The summed E-state index contributed by atoms with van der Waals surface area (Å²) in [7, 11) is 0. The first kappa shape index (κ1) is 36.3. The lowest BCUT2D eigenvalue weighted by atomic mass is 9.49. The number of carbonyl (C=O) groups excluding carboxylic acids is 1. The maximum absolute atomic E-state index is 15.4. The van der Waals surface area contributed by atoms with Crippen molar-refractivity contribution >= 4 is 11.7 Å². The van der Waals surface area contributed by atoms with Crippen LogP contribution in [0.4, 0.5) is 32.4 Å². The molecule has 2 amide bonds. The molecule has 0 bridgehead atoms. The molecule has 4 fully saturated rings. The first-order valence-corrected chi connectivity index (χ1v) is 17.9. The molecule has 4 N–H and O–H groups in total. The van der Waals surface area contributed by atoms with E-state index in [1.165, 1.54) is 6.92 Å². The number of amides is 2. The molecule has 12 heteroatoms. The molecule has 1 spiro atoms.